The van der Waals surface area contributed by atoms with Gasteiger partial charge < -0.3 is 16.2 Å². The number of hydrogen-bond acceptors (Lipinski definition) is 3. The summed E-state index contributed by atoms with van der Waals surface area (Å²) in [6.07, 6.45) is 0.174. The minimum atomic E-state index is -0.835. The average Bonchev–Trinajstić information content (AvgIpc) is 1.84. The van der Waals surface area contributed by atoms with Crippen LogP contribution in [0.5, 0.6) is 0 Å². The van der Waals surface area contributed by atoms with Gasteiger partial charge in [-0.3, -0.25) is 4.79 Å². The van der Waals surface area contributed by atoms with Crippen molar-refractivity contribution in [2.45, 2.75) is 38.8 Å². The summed E-state index contributed by atoms with van der Waals surface area (Å²) < 4.78 is 0. The highest BCUT2D eigenvalue weighted by Gasteiger charge is 2.20. The van der Waals surface area contributed by atoms with Gasteiger partial charge in [0, 0.05) is 6.54 Å². The van der Waals surface area contributed by atoms with E-state index in [0.29, 0.717) is 13.0 Å². The quantitative estimate of drug-likeness (QED) is 0.543. The number of nitrogens with two attached hydrogens (primary N) is 1. The second-order valence-corrected chi connectivity index (χ2v) is 3.62. The molecule has 0 heterocycles. The molecule has 4 N–H and O–H groups in total. The molecule has 1 amide bonds. The molecule has 1 atom stereocenters. The Hall–Kier alpha value is -0.610. The highest BCUT2D eigenvalue weighted by Crippen LogP contribution is 1.95. The molecule has 0 saturated heterocycles. The van der Waals surface area contributed by atoms with Crippen molar-refractivity contribution in [1.82, 2.24) is 5.32 Å². The topological polar surface area (TPSA) is 75.3 Å². The van der Waals surface area contributed by atoms with Gasteiger partial charge in [0.25, 0.3) is 0 Å². The number of rotatable bonds is 4. The van der Waals surface area contributed by atoms with Crippen molar-refractivity contribution in [3.05, 3.63) is 0 Å². The van der Waals surface area contributed by atoms with E-state index < -0.39 is 5.54 Å². The summed E-state index contributed by atoms with van der Waals surface area (Å²) >= 11 is 0. The first-order valence-electron chi connectivity index (χ1n) is 4.09. The maximum absolute atomic E-state index is 11.1. The van der Waals surface area contributed by atoms with Gasteiger partial charge in [-0.25, -0.2) is 0 Å². The second kappa shape index (κ2) is 4.42. The van der Waals surface area contributed by atoms with Crippen LogP contribution < -0.4 is 11.1 Å². The standard InChI is InChI=1S/C8H18N2O2/c1-6(11)4-5-10-7(12)8(2,3)9/h6,11H,4-5,9H2,1-3H3,(H,10,12)/t6-/m1/s1. The average molecular weight is 174 g/mol. The van der Waals surface area contributed by atoms with Crippen molar-refractivity contribution >= 4 is 5.91 Å². The summed E-state index contributed by atoms with van der Waals surface area (Å²) in [5.41, 5.74) is 4.69. The second-order valence-electron chi connectivity index (χ2n) is 3.62. The van der Waals surface area contributed by atoms with Crippen molar-refractivity contribution in [3.8, 4) is 0 Å². The molecule has 0 unspecified atom stereocenters. The van der Waals surface area contributed by atoms with Gasteiger partial charge in [-0.1, -0.05) is 0 Å². The zero-order valence-corrected chi connectivity index (χ0v) is 7.92. The molecule has 0 bridgehead atoms. The van der Waals surface area contributed by atoms with Gasteiger partial charge in [0.1, 0.15) is 0 Å². The Morgan fingerprint density at radius 3 is 2.50 bits per heavy atom. The van der Waals surface area contributed by atoms with Crippen molar-refractivity contribution in [2.24, 2.45) is 5.73 Å². The summed E-state index contributed by atoms with van der Waals surface area (Å²) in [6.45, 7) is 5.44. The first kappa shape index (κ1) is 11.4. The number of aliphatic hydroxyl groups excluding tert-OH is 1. The highest BCUT2D eigenvalue weighted by atomic mass is 16.3. The summed E-state index contributed by atoms with van der Waals surface area (Å²) in [5.74, 6) is -0.192. The van der Waals surface area contributed by atoms with E-state index in [4.69, 9.17) is 10.8 Å². The molecule has 12 heavy (non-hydrogen) atoms. The number of amides is 1. The molecule has 4 nitrogen and oxygen atoms in total. The minimum absolute atomic E-state index is 0.192. The van der Waals surface area contributed by atoms with E-state index in [1.807, 2.05) is 0 Å². The zero-order valence-electron chi connectivity index (χ0n) is 7.92. The molecule has 4 heteroatoms. The van der Waals surface area contributed by atoms with Crippen LogP contribution in [0.3, 0.4) is 0 Å². The Kier molecular flexibility index (Phi) is 4.20. The Morgan fingerprint density at radius 1 is 1.67 bits per heavy atom. The molecule has 0 aliphatic carbocycles. The van der Waals surface area contributed by atoms with Crippen molar-refractivity contribution < 1.29 is 9.90 Å². The Morgan fingerprint density at radius 2 is 2.17 bits per heavy atom. The number of nitrogens with one attached hydrogen (secondary N) is 1. The minimum Gasteiger partial charge on any atom is -0.393 e. The molecule has 0 aromatic carbocycles. The van der Waals surface area contributed by atoms with E-state index in [1.54, 1.807) is 20.8 Å². The molecule has 0 aliphatic rings. The normalized spacial score (nSPS) is 14.1. The predicted molar refractivity (Wildman–Crippen MR) is 47.6 cm³/mol. The van der Waals surface area contributed by atoms with Crippen LogP contribution in [-0.4, -0.2) is 29.2 Å². The Labute approximate surface area is 73.1 Å². The molecule has 0 aliphatic heterocycles. The fourth-order valence-electron chi connectivity index (χ4n) is 0.622. The summed E-state index contributed by atoms with van der Waals surface area (Å²) in [5, 5.41) is 11.5. The molecule has 0 aromatic heterocycles. The van der Waals surface area contributed by atoms with Crippen LogP contribution in [0.4, 0.5) is 0 Å². The molecule has 0 aromatic rings. The van der Waals surface area contributed by atoms with Gasteiger partial charge in [-0.05, 0) is 27.2 Å². The first-order chi connectivity index (χ1) is 5.34. The molecule has 0 fully saturated rings. The van der Waals surface area contributed by atoms with E-state index in [0.717, 1.165) is 0 Å². The SMILES string of the molecule is C[C@@H](O)CCNC(=O)C(C)(C)N. The first-order valence-corrected chi connectivity index (χ1v) is 4.09. The van der Waals surface area contributed by atoms with E-state index in [2.05, 4.69) is 5.32 Å². The van der Waals surface area contributed by atoms with Crippen LogP contribution in [0.25, 0.3) is 0 Å². The van der Waals surface area contributed by atoms with Crippen molar-refractivity contribution in [2.75, 3.05) is 6.54 Å². The third-order valence-corrected chi connectivity index (χ3v) is 1.43. The Bertz CT molecular complexity index is 150. The summed E-state index contributed by atoms with van der Waals surface area (Å²) in [7, 11) is 0. The zero-order chi connectivity index (χ0) is 9.78. The lowest BCUT2D eigenvalue weighted by Gasteiger charge is -2.17. The molecule has 72 valence electrons. The molecule has 0 radical (unpaired) electrons. The summed E-state index contributed by atoms with van der Waals surface area (Å²) in [4.78, 5) is 11.1. The van der Waals surface area contributed by atoms with Gasteiger partial charge in [0.15, 0.2) is 0 Å². The molecular formula is C8H18N2O2. The molecular weight excluding hydrogens is 156 g/mol. The lowest BCUT2D eigenvalue weighted by Crippen LogP contribution is -2.49. The highest BCUT2D eigenvalue weighted by molar-refractivity contribution is 5.84. The largest absolute Gasteiger partial charge is 0.393 e. The van der Waals surface area contributed by atoms with Crippen LogP contribution in [0.15, 0.2) is 0 Å². The number of aliphatic hydroxyl groups is 1. The fraction of sp³-hybridized carbons (Fsp3) is 0.875. The molecule has 0 spiro atoms. The van der Waals surface area contributed by atoms with Crippen LogP contribution in [-0.2, 0) is 4.79 Å². The Balaban J connectivity index is 3.59. The number of carbonyl (C=O) groups is 1. The predicted octanol–water partition coefficient (Wildman–Crippen LogP) is -0.389. The third kappa shape index (κ3) is 5.09. The van der Waals surface area contributed by atoms with Crippen LogP contribution in [0.2, 0.25) is 0 Å². The number of hydrogen-bond donors (Lipinski definition) is 3. The monoisotopic (exact) mass is 174 g/mol. The van der Waals surface area contributed by atoms with E-state index in [1.165, 1.54) is 0 Å². The smallest absolute Gasteiger partial charge is 0.239 e. The van der Waals surface area contributed by atoms with Gasteiger partial charge in [0.05, 0.1) is 11.6 Å². The van der Waals surface area contributed by atoms with Gasteiger partial charge in [-0.15, -0.1) is 0 Å². The van der Waals surface area contributed by atoms with Crippen LogP contribution in [0, 0.1) is 0 Å². The van der Waals surface area contributed by atoms with Crippen molar-refractivity contribution in [1.29, 1.82) is 0 Å². The maximum Gasteiger partial charge on any atom is 0.239 e. The fourth-order valence-corrected chi connectivity index (χ4v) is 0.622. The van der Waals surface area contributed by atoms with Gasteiger partial charge >= 0.3 is 0 Å². The maximum atomic E-state index is 11.1. The van der Waals surface area contributed by atoms with Gasteiger partial charge in [0.2, 0.25) is 5.91 Å². The van der Waals surface area contributed by atoms with Gasteiger partial charge in [-0.2, -0.15) is 0 Å². The lowest BCUT2D eigenvalue weighted by molar-refractivity contribution is -0.125. The summed E-state index contributed by atoms with van der Waals surface area (Å²) in [6, 6.07) is 0. The number of carbonyl (C=O) groups excluding carboxylic acids is 1. The third-order valence-electron chi connectivity index (χ3n) is 1.43. The molecule has 0 saturated carbocycles. The van der Waals surface area contributed by atoms with Crippen molar-refractivity contribution in [3.63, 3.8) is 0 Å². The molecule has 0 rings (SSSR count). The van der Waals surface area contributed by atoms with Crippen LogP contribution >= 0.6 is 0 Å². The van der Waals surface area contributed by atoms with E-state index >= 15 is 0 Å². The van der Waals surface area contributed by atoms with Crippen LogP contribution in [0.1, 0.15) is 27.2 Å². The van der Waals surface area contributed by atoms with E-state index in [-0.39, 0.29) is 12.0 Å². The van der Waals surface area contributed by atoms with E-state index in [9.17, 15) is 4.79 Å². The lowest BCUT2D eigenvalue weighted by atomic mass is 10.1.